The number of aromatic nitrogens is 2. The monoisotopic (exact) mass is 480 g/mol. The molecule has 7 heteroatoms. The Labute approximate surface area is 206 Å². The van der Waals surface area contributed by atoms with E-state index >= 15 is 0 Å². The fraction of sp³-hybridized carbons (Fsp3) is 0.370. The molecule has 0 saturated heterocycles. The molecule has 1 aromatic heterocycles. The Kier molecular flexibility index (Phi) is 8.15. The molecule has 1 N–H and O–H groups in total. The molecule has 2 aromatic carbocycles. The first-order chi connectivity index (χ1) is 16.0. The predicted molar refractivity (Wildman–Crippen MR) is 137 cm³/mol. The van der Waals surface area contributed by atoms with Crippen molar-refractivity contribution >= 4 is 29.2 Å². The van der Waals surface area contributed by atoms with Gasteiger partial charge in [-0.3, -0.25) is 9.59 Å². The second kappa shape index (κ2) is 10.9. The number of hydrogen-bond donors (Lipinski definition) is 1. The largest absolute Gasteiger partial charge is 0.329 e. The molecule has 0 saturated carbocycles. The lowest BCUT2D eigenvalue weighted by Gasteiger charge is -2.23. The average molecular weight is 481 g/mol. The van der Waals surface area contributed by atoms with Crippen LogP contribution in [-0.2, 0) is 21.5 Å². The first kappa shape index (κ1) is 25.5. The van der Waals surface area contributed by atoms with Gasteiger partial charge in [-0.2, -0.15) is 5.10 Å². The lowest BCUT2D eigenvalue weighted by molar-refractivity contribution is -0.136. The Bertz CT molecular complexity index is 1130. The zero-order valence-corrected chi connectivity index (χ0v) is 21.3. The molecule has 0 aliphatic rings. The second-order valence-electron chi connectivity index (χ2n) is 9.91. The van der Waals surface area contributed by atoms with Crippen LogP contribution in [0.5, 0.6) is 0 Å². The highest BCUT2D eigenvalue weighted by Crippen LogP contribution is 2.29. The van der Waals surface area contributed by atoms with E-state index < -0.39 is 0 Å². The number of rotatable bonds is 8. The van der Waals surface area contributed by atoms with E-state index in [0.29, 0.717) is 29.5 Å². The maximum absolute atomic E-state index is 13.2. The Morgan fingerprint density at radius 3 is 2.32 bits per heavy atom. The van der Waals surface area contributed by atoms with Crippen molar-refractivity contribution < 1.29 is 9.59 Å². The zero-order valence-electron chi connectivity index (χ0n) is 20.5. The normalized spacial score (nSPS) is 11.5. The quantitative estimate of drug-likeness (QED) is 0.440. The molecule has 1 heterocycles. The van der Waals surface area contributed by atoms with Crippen molar-refractivity contribution in [1.29, 1.82) is 0 Å². The van der Waals surface area contributed by atoms with E-state index in [0.717, 1.165) is 11.3 Å². The van der Waals surface area contributed by atoms with Gasteiger partial charge in [0.1, 0.15) is 12.4 Å². The summed E-state index contributed by atoms with van der Waals surface area (Å²) in [6.45, 7) is 10.5. The van der Waals surface area contributed by atoms with Crippen LogP contribution in [0.25, 0.3) is 5.69 Å². The number of benzene rings is 2. The van der Waals surface area contributed by atoms with Gasteiger partial charge in [-0.25, -0.2) is 4.68 Å². The highest BCUT2D eigenvalue weighted by molar-refractivity contribution is 6.32. The summed E-state index contributed by atoms with van der Waals surface area (Å²) >= 11 is 6.43. The minimum atomic E-state index is -0.290. The van der Waals surface area contributed by atoms with E-state index in [1.54, 1.807) is 15.6 Å². The molecule has 3 aromatic rings. The fourth-order valence-corrected chi connectivity index (χ4v) is 3.73. The third-order valence-corrected chi connectivity index (χ3v) is 5.63. The molecule has 0 bridgehead atoms. The van der Waals surface area contributed by atoms with Gasteiger partial charge in [-0.15, -0.1) is 0 Å². The van der Waals surface area contributed by atoms with Gasteiger partial charge >= 0.3 is 0 Å². The summed E-state index contributed by atoms with van der Waals surface area (Å²) in [6.07, 6.45) is 0.381. The lowest BCUT2D eigenvalue weighted by Crippen LogP contribution is -2.38. The summed E-state index contributed by atoms with van der Waals surface area (Å²) in [5.41, 5.74) is 2.24. The van der Waals surface area contributed by atoms with Crippen molar-refractivity contribution in [1.82, 2.24) is 14.7 Å². The Hall–Kier alpha value is -3.12. The molecule has 0 fully saturated rings. The van der Waals surface area contributed by atoms with E-state index in [1.807, 2.05) is 68.4 Å². The van der Waals surface area contributed by atoms with Crippen LogP contribution in [0, 0.1) is 5.92 Å². The maximum Gasteiger partial charge on any atom is 0.245 e. The van der Waals surface area contributed by atoms with Crippen LogP contribution in [0.15, 0.2) is 60.7 Å². The number of para-hydroxylation sites is 1. The van der Waals surface area contributed by atoms with Crippen molar-refractivity contribution in [3.8, 4) is 5.69 Å². The van der Waals surface area contributed by atoms with Crippen molar-refractivity contribution in [2.24, 2.45) is 5.92 Å². The van der Waals surface area contributed by atoms with E-state index in [2.05, 4.69) is 26.1 Å². The van der Waals surface area contributed by atoms with E-state index in [9.17, 15) is 9.59 Å². The number of amides is 2. The number of hydrogen-bond acceptors (Lipinski definition) is 3. The Balaban J connectivity index is 1.87. The molecule has 6 nitrogen and oxygen atoms in total. The van der Waals surface area contributed by atoms with Gasteiger partial charge in [0.05, 0.1) is 16.4 Å². The number of anilines is 1. The van der Waals surface area contributed by atoms with E-state index in [4.69, 9.17) is 16.7 Å². The van der Waals surface area contributed by atoms with Gasteiger partial charge in [0.25, 0.3) is 0 Å². The molecular formula is C27H33ClN4O2. The highest BCUT2D eigenvalue weighted by atomic mass is 35.5. The molecule has 0 unspecified atom stereocenters. The molecule has 0 atom stereocenters. The summed E-state index contributed by atoms with van der Waals surface area (Å²) < 4.78 is 1.65. The molecule has 34 heavy (non-hydrogen) atoms. The molecule has 180 valence electrons. The van der Waals surface area contributed by atoms with Gasteiger partial charge in [-0.05, 0) is 23.6 Å². The third-order valence-electron chi connectivity index (χ3n) is 5.31. The SMILES string of the molecule is CC(C)CC(=O)N(CC(=O)Nc1cc(C(C)(C)C)nn1-c1ccccc1Cl)Cc1ccccc1. The van der Waals surface area contributed by atoms with Crippen LogP contribution in [0.1, 0.15) is 52.3 Å². The first-order valence-corrected chi connectivity index (χ1v) is 11.9. The number of carbonyl (C=O) groups is 2. The van der Waals surface area contributed by atoms with Crippen LogP contribution in [0.3, 0.4) is 0 Å². The standard InChI is InChI=1S/C27H33ClN4O2/c1-19(2)15-26(34)31(17-20-11-7-6-8-12-20)18-25(33)29-24-16-23(27(3,4)5)30-32(24)22-14-10-9-13-21(22)28/h6-14,16,19H,15,17-18H2,1-5H3,(H,29,33). The molecular weight excluding hydrogens is 448 g/mol. The Morgan fingerprint density at radius 1 is 1.06 bits per heavy atom. The summed E-state index contributed by atoms with van der Waals surface area (Å²) in [4.78, 5) is 27.7. The first-order valence-electron chi connectivity index (χ1n) is 11.5. The van der Waals surface area contributed by atoms with Crippen molar-refractivity contribution in [3.05, 3.63) is 76.9 Å². The molecule has 0 aliphatic carbocycles. The summed E-state index contributed by atoms with van der Waals surface area (Å²) in [5.74, 6) is 0.370. The van der Waals surface area contributed by atoms with Crippen LogP contribution in [0.4, 0.5) is 5.82 Å². The van der Waals surface area contributed by atoms with Gasteiger partial charge < -0.3 is 10.2 Å². The van der Waals surface area contributed by atoms with Gasteiger partial charge in [-0.1, -0.05) is 88.7 Å². The van der Waals surface area contributed by atoms with Crippen LogP contribution in [-0.4, -0.2) is 33.0 Å². The summed E-state index contributed by atoms with van der Waals surface area (Å²) in [5, 5.41) is 8.21. The molecule has 0 spiro atoms. The van der Waals surface area contributed by atoms with Gasteiger partial charge in [0.15, 0.2) is 0 Å². The van der Waals surface area contributed by atoms with Gasteiger partial charge in [0.2, 0.25) is 11.8 Å². The average Bonchev–Trinajstić information content (AvgIpc) is 3.18. The number of nitrogens with zero attached hydrogens (tertiary/aromatic N) is 3. The second-order valence-corrected chi connectivity index (χ2v) is 10.3. The minimum absolute atomic E-state index is 0.0519. The predicted octanol–water partition coefficient (Wildman–Crippen LogP) is 5.84. The zero-order chi connectivity index (χ0) is 24.9. The molecule has 3 rings (SSSR count). The third kappa shape index (κ3) is 6.70. The lowest BCUT2D eigenvalue weighted by atomic mass is 9.92. The molecule has 2 amide bonds. The summed E-state index contributed by atoms with van der Waals surface area (Å²) in [6, 6.07) is 18.9. The molecule has 0 radical (unpaired) electrons. The van der Waals surface area contributed by atoms with Crippen LogP contribution < -0.4 is 5.32 Å². The van der Waals surface area contributed by atoms with Crippen molar-refractivity contribution in [3.63, 3.8) is 0 Å². The molecule has 0 aliphatic heterocycles. The smallest absolute Gasteiger partial charge is 0.245 e. The maximum atomic E-state index is 13.2. The van der Waals surface area contributed by atoms with Crippen molar-refractivity contribution in [2.45, 2.75) is 53.0 Å². The fourth-order valence-electron chi connectivity index (χ4n) is 3.51. The number of halogens is 1. The highest BCUT2D eigenvalue weighted by Gasteiger charge is 2.24. The number of nitrogens with one attached hydrogen (secondary N) is 1. The Morgan fingerprint density at radius 2 is 1.71 bits per heavy atom. The van der Waals surface area contributed by atoms with Crippen LogP contribution >= 0.6 is 11.6 Å². The minimum Gasteiger partial charge on any atom is -0.329 e. The topological polar surface area (TPSA) is 67.2 Å². The van der Waals surface area contributed by atoms with Crippen LogP contribution in [0.2, 0.25) is 5.02 Å². The van der Waals surface area contributed by atoms with Crippen molar-refractivity contribution in [2.75, 3.05) is 11.9 Å². The number of carbonyl (C=O) groups excluding carboxylic acids is 2. The summed E-state index contributed by atoms with van der Waals surface area (Å²) in [7, 11) is 0. The van der Waals surface area contributed by atoms with E-state index in [1.165, 1.54) is 0 Å². The van der Waals surface area contributed by atoms with E-state index in [-0.39, 0.29) is 29.7 Å². The van der Waals surface area contributed by atoms with Gasteiger partial charge in [0, 0.05) is 24.4 Å².